The second-order valence-corrected chi connectivity index (χ2v) is 5.40. The predicted molar refractivity (Wildman–Crippen MR) is 78.3 cm³/mol. The van der Waals surface area contributed by atoms with Gasteiger partial charge in [-0.3, -0.25) is 4.90 Å². The summed E-state index contributed by atoms with van der Waals surface area (Å²) in [5.74, 6) is 0. The third-order valence-electron chi connectivity index (χ3n) is 3.95. The molecule has 0 bridgehead atoms. The van der Waals surface area contributed by atoms with Crippen LogP contribution in [0.1, 0.15) is 19.8 Å². The van der Waals surface area contributed by atoms with Crippen LogP contribution in [0.5, 0.6) is 0 Å². The number of aromatic nitrogens is 2. The van der Waals surface area contributed by atoms with Crippen LogP contribution in [-0.4, -0.2) is 40.8 Å². The van der Waals surface area contributed by atoms with Crippen LogP contribution in [-0.2, 0) is 0 Å². The van der Waals surface area contributed by atoms with Gasteiger partial charge in [0.25, 0.3) is 0 Å². The molecule has 1 aromatic heterocycles. The smallest absolute Gasteiger partial charge is 0.0950 e. The average molecular weight is 256 g/mol. The first kappa shape index (κ1) is 12.4. The molecular formula is C15H20N4. The van der Waals surface area contributed by atoms with Gasteiger partial charge >= 0.3 is 0 Å². The Morgan fingerprint density at radius 2 is 2.16 bits per heavy atom. The van der Waals surface area contributed by atoms with Crippen LogP contribution in [0.15, 0.2) is 30.5 Å². The topological polar surface area (TPSA) is 41.1 Å². The Labute approximate surface area is 113 Å². The molecule has 1 saturated carbocycles. The summed E-state index contributed by atoms with van der Waals surface area (Å²) in [5, 5.41) is 12.8. The van der Waals surface area contributed by atoms with E-state index in [-0.39, 0.29) is 0 Å². The lowest BCUT2D eigenvalue weighted by Crippen LogP contribution is -2.36. The lowest BCUT2D eigenvalue weighted by Gasteiger charge is -2.25. The van der Waals surface area contributed by atoms with Crippen molar-refractivity contribution in [3.8, 4) is 0 Å². The highest BCUT2D eigenvalue weighted by molar-refractivity contribution is 5.90. The molecule has 19 heavy (non-hydrogen) atoms. The zero-order valence-corrected chi connectivity index (χ0v) is 11.5. The number of nitrogens with zero attached hydrogens (tertiary/aromatic N) is 3. The minimum atomic E-state index is 0.527. The quantitative estimate of drug-likeness (QED) is 0.892. The first-order valence-electron chi connectivity index (χ1n) is 6.92. The van der Waals surface area contributed by atoms with Gasteiger partial charge in [0.1, 0.15) is 0 Å². The van der Waals surface area contributed by atoms with Gasteiger partial charge in [0.15, 0.2) is 0 Å². The van der Waals surface area contributed by atoms with E-state index in [0.29, 0.717) is 6.04 Å². The Hall–Kier alpha value is -1.68. The monoisotopic (exact) mass is 256 g/mol. The van der Waals surface area contributed by atoms with E-state index >= 15 is 0 Å². The summed E-state index contributed by atoms with van der Waals surface area (Å²) in [6, 6.07) is 9.43. The number of anilines is 1. The first-order chi connectivity index (χ1) is 9.25. The molecule has 0 spiro atoms. The summed E-state index contributed by atoms with van der Waals surface area (Å²) in [7, 11) is 2.22. The molecule has 100 valence electrons. The Morgan fingerprint density at radius 1 is 1.37 bits per heavy atom. The SMILES string of the molecule is CC(CNc1cnnc2ccccc12)N(C)C1CC1. The van der Waals surface area contributed by atoms with Crippen molar-refractivity contribution < 1.29 is 0 Å². The number of hydrogen-bond acceptors (Lipinski definition) is 4. The van der Waals surface area contributed by atoms with E-state index < -0.39 is 0 Å². The van der Waals surface area contributed by atoms with Crippen molar-refractivity contribution in [1.29, 1.82) is 0 Å². The zero-order valence-electron chi connectivity index (χ0n) is 11.5. The lowest BCUT2D eigenvalue weighted by molar-refractivity contribution is 0.257. The molecule has 4 nitrogen and oxygen atoms in total. The van der Waals surface area contributed by atoms with Gasteiger partial charge in [-0.2, -0.15) is 10.2 Å². The molecule has 1 aliphatic rings. The van der Waals surface area contributed by atoms with Crippen molar-refractivity contribution in [2.24, 2.45) is 0 Å². The molecule has 1 heterocycles. The number of benzene rings is 1. The fourth-order valence-electron chi connectivity index (χ4n) is 2.39. The molecule has 0 radical (unpaired) electrons. The maximum atomic E-state index is 4.14. The largest absolute Gasteiger partial charge is 0.382 e. The standard InChI is InChI=1S/C15H20N4/c1-11(19(2)12-7-8-12)9-16-15-10-17-18-14-6-4-3-5-13(14)15/h3-6,10-12H,7-9H2,1-2H3,(H,16,18). The summed E-state index contributed by atoms with van der Waals surface area (Å²) in [5.41, 5.74) is 2.01. The van der Waals surface area contributed by atoms with Gasteiger partial charge in [0.2, 0.25) is 0 Å². The van der Waals surface area contributed by atoms with Crippen molar-refractivity contribution in [3.63, 3.8) is 0 Å². The Balaban J connectivity index is 1.71. The third kappa shape index (κ3) is 2.68. The van der Waals surface area contributed by atoms with Gasteiger partial charge < -0.3 is 5.32 Å². The van der Waals surface area contributed by atoms with Gasteiger partial charge in [0, 0.05) is 24.0 Å². The van der Waals surface area contributed by atoms with E-state index in [1.165, 1.54) is 12.8 Å². The van der Waals surface area contributed by atoms with Gasteiger partial charge in [-0.25, -0.2) is 0 Å². The van der Waals surface area contributed by atoms with Crippen LogP contribution in [0.2, 0.25) is 0 Å². The van der Waals surface area contributed by atoms with Crippen molar-refractivity contribution in [3.05, 3.63) is 30.5 Å². The van der Waals surface area contributed by atoms with Crippen molar-refractivity contribution in [1.82, 2.24) is 15.1 Å². The fourth-order valence-corrected chi connectivity index (χ4v) is 2.39. The molecule has 1 fully saturated rings. The second-order valence-electron chi connectivity index (χ2n) is 5.40. The molecule has 1 atom stereocenters. The van der Waals surface area contributed by atoms with Crippen LogP contribution < -0.4 is 5.32 Å². The minimum absolute atomic E-state index is 0.527. The van der Waals surface area contributed by atoms with Crippen LogP contribution in [0.4, 0.5) is 5.69 Å². The maximum absolute atomic E-state index is 4.14. The Bertz CT molecular complexity index is 560. The van der Waals surface area contributed by atoms with Gasteiger partial charge in [0.05, 0.1) is 17.4 Å². The summed E-state index contributed by atoms with van der Waals surface area (Å²) in [6.45, 7) is 3.20. The summed E-state index contributed by atoms with van der Waals surface area (Å²) < 4.78 is 0. The predicted octanol–water partition coefficient (Wildman–Crippen LogP) is 2.52. The molecular weight excluding hydrogens is 236 g/mol. The highest BCUT2D eigenvalue weighted by Crippen LogP contribution is 2.27. The third-order valence-corrected chi connectivity index (χ3v) is 3.95. The molecule has 1 aromatic carbocycles. The fraction of sp³-hybridized carbons (Fsp3) is 0.467. The van der Waals surface area contributed by atoms with Crippen molar-refractivity contribution >= 4 is 16.6 Å². The van der Waals surface area contributed by atoms with Gasteiger partial charge in [-0.15, -0.1) is 0 Å². The van der Waals surface area contributed by atoms with Crippen molar-refractivity contribution in [2.75, 3.05) is 18.9 Å². The normalized spacial score (nSPS) is 16.8. The number of hydrogen-bond donors (Lipinski definition) is 1. The number of likely N-dealkylation sites (N-methyl/N-ethyl adjacent to an activating group) is 1. The molecule has 0 aliphatic heterocycles. The molecule has 0 saturated heterocycles. The molecule has 3 rings (SSSR count). The van der Waals surface area contributed by atoms with Crippen LogP contribution >= 0.6 is 0 Å². The highest BCUT2D eigenvalue weighted by Gasteiger charge is 2.28. The molecule has 0 amide bonds. The number of fused-ring (bicyclic) bond motifs is 1. The van der Waals surface area contributed by atoms with E-state index in [2.05, 4.69) is 40.5 Å². The van der Waals surface area contributed by atoms with Gasteiger partial charge in [-0.1, -0.05) is 18.2 Å². The van der Waals surface area contributed by atoms with E-state index in [0.717, 1.165) is 29.2 Å². The van der Waals surface area contributed by atoms with E-state index in [9.17, 15) is 0 Å². The number of nitrogens with one attached hydrogen (secondary N) is 1. The molecule has 1 aliphatic carbocycles. The average Bonchev–Trinajstić information content (AvgIpc) is 3.28. The molecule has 1 unspecified atom stereocenters. The summed E-state index contributed by atoms with van der Waals surface area (Å²) in [4.78, 5) is 2.46. The van der Waals surface area contributed by atoms with Gasteiger partial charge in [-0.05, 0) is 32.9 Å². The zero-order chi connectivity index (χ0) is 13.2. The van der Waals surface area contributed by atoms with Crippen LogP contribution in [0, 0.1) is 0 Å². The van der Waals surface area contributed by atoms with E-state index in [1.54, 1.807) is 0 Å². The minimum Gasteiger partial charge on any atom is -0.382 e. The summed E-state index contributed by atoms with van der Waals surface area (Å²) in [6.07, 6.45) is 4.51. The Morgan fingerprint density at radius 3 is 2.95 bits per heavy atom. The second kappa shape index (κ2) is 5.13. The summed E-state index contributed by atoms with van der Waals surface area (Å²) >= 11 is 0. The Kier molecular flexibility index (Phi) is 3.34. The van der Waals surface area contributed by atoms with Crippen LogP contribution in [0.25, 0.3) is 10.9 Å². The molecule has 1 N–H and O–H groups in total. The van der Waals surface area contributed by atoms with Crippen molar-refractivity contribution in [2.45, 2.75) is 31.8 Å². The number of rotatable bonds is 5. The maximum Gasteiger partial charge on any atom is 0.0950 e. The van der Waals surface area contributed by atoms with E-state index in [4.69, 9.17) is 0 Å². The van der Waals surface area contributed by atoms with E-state index in [1.807, 2.05) is 24.4 Å². The highest BCUT2D eigenvalue weighted by atomic mass is 15.2. The van der Waals surface area contributed by atoms with Crippen LogP contribution in [0.3, 0.4) is 0 Å². The molecule has 2 aromatic rings. The first-order valence-corrected chi connectivity index (χ1v) is 6.92. The lowest BCUT2D eigenvalue weighted by atomic mass is 10.2. The molecule has 4 heteroatoms.